The van der Waals surface area contributed by atoms with E-state index in [1.165, 1.54) is 0 Å². The number of likely N-dealkylation sites (tertiary alicyclic amines) is 2. The monoisotopic (exact) mass is 423 g/mol. The van der Waals surface area contributed by atoms with E-state index in [1.807, 2.05) is 28.9 Å². The zero-order valence-electron chi connectivity index (χ0n) is 16.2. The Labute approximate surface area is 176 Å². The zero-order chi connectivity index (χ0) is 20.1. The summed E-state index contributed by atoms with van der Waals surface area (Å²) in [4.78, 5) is 29.4. The van der Waals surface area contributed by atoms with Crippen molar-refractivity contribution in [2.75, 3.05) is 26.2 Å². The van der Waals surface area contributed by atoms with E-state index in [0.29, 0.717) is 36.2 Å². The van der Waals surface area contributed by atoms with Crippen LogP contribution in [0.2, 0.25) is 10.0 Å². The van der Waals surface area contributed by atoms with Crippen LogP contribution in [0.25, 0.3) is 0 Å². The molecule has 1 aromatic rings. The fourth-order valence-corrected chi connectivity index (χ4v) is 4.78. The van der Waals surface area contributed by atoms with E-state index in [-0.39, 0.29) is 35.1 Å². The molecule has 2 atom stereocenters. The lowest BCUT2D eigenvalue weighted by Crippen LogP contribution is -2.46. The highest BCUT2D eigenvalue weighted by molar-refractivity contribution is 6.42. The third kappa shape index (κ3) is 3.77. The Morgan fingerprint density at radius 2 is 1.75 bits per heavy atom. The zero-order valence-corrected chi connectivity index (χ0v) is 17.7. The van der Waals surface area contributed by atoms with E-state index >= 15 is 0 Å². The Hall–Kier alpha value is -1.30. The van der Waals surface area contributed by atoms with Gasteiger partial charge in [0.25, 0.3) is 0 Å². The number of nitrogens with two attached hydrogens (primary N) is 1. The molecular weight excluding hydrogens is 397 g/mol. The summed E-state index contributed by atoms with van der Waals surface area (Å²) in [7, 11) is 0. The van der Waals surface area contributed by atoms with E-state index in [4.69, 9.17) is 28.9 Å². The Kier molecular flexibility index (Phi) is 5.36. The second-order valence-electron chi connectivity index (χ2n) is 8.81. The Bertz CT molecular complexity index is 788. The lowest BCUT2D eigenvalue weighted by molar-refractivity contribution is -0.142. The van der Waals surface area contributed by atoms with Gasteiger partial charge in [-0.1, -0.05) is 36.2 Å². The first-order valence-electron chi connectivity index (χ1n) is 10.1. The average Bonchev–Trinajstić information content (AvgIpc) is 3.33. The fraction of sp³-hybridized carbons (Fsp3) is 0.619. The summed E-state index contributed by atoms with van der Waals surface area (Å²) in [6.45, 7) is 4.57. The smallest absolute Gasteiger partial charge is 0.228 e. The quantitative estimate of drug-likeness (QED) is 0.810. The van der Waals surface area contributed by atoms with E-state index < -0.39 is 0 Å². The second kappa shape index (κ2) is 7.51. The van der Waals surface area contributed by atoms with Crippen molar-refractivity contribution < 1.29 is 9.59 Å². The van der Waals surface area contributed by atoms with Gasteiger partial charge in [-0.2, -0.15) is 0 Å². The van der Waals surface area contributed by atoms with Crippen molar-refractivity contribution in [1.82, 2.24) is 9.80 Å². The molecule has 3 aliphatic rings. The van der Waals surface area contributed by atoms with Gasteiger partial charge in [0.05, 0.1) is 10.0 Å². The summed E-state index contributed by atoms with van der Waals surface area (Å²) in [5.41, 5.74) is 7.24. The van der Waals surface area contributed by atoms with Gasteiger partial charge in [0.1, 0.15) is 0 Å². The minimum absolute atomic E-state index is 0.0178. The highest BCUT2D eigenvalue weighted by Gasteiger charge is 2.48. The SMILES string of the molecule is CC1(C(=O)N2CCC(C(=O)N3C[C@@H](N)[C@H](c4ccc(Cl)c(Cl)c4)C3)CC2)CC1. The molecule has 2 amide bonds. The van der Waals surface area contributed by atoms with Gasteiger partial charge in [-0.3, -0.25) is 9.59 Å². The number of hydrogen-bond acceptors (Lipinski definition) is 3. The normalized spacial score (nSPS) is 27.1. The van der Waals surface area contributed by atoms with E-state index in [0.717, 1.165) is 31.2 Å². The molecular formula is C21H27Cl2N3O2. The molecule has 0 aromatic heterocycles. The van der Waals surface area contributed by atoms with Gasteiger partial charge in [0.15, 0.2) is 0 Å². The maximum absolute atomic E-state index is 13.0. The van der Waals surface area contributed by atoms with Crippen molar-refractivity contribution in [3.05, 3.63) is 33.8 Å². The molecule has 28 heavy (non-hydrogen) atoms. The first-order valence-corrected chi connectivity index (χ1v) is 10.8. The van der Waals surface area contributed by atoms with Gasteiger partial charge >= 0.3 is 0 Å². The molecule has 1 saturated carbocycles. The summed E-state index contributed by atoms with van der Waals surface area (Å²) < 4.78 is 0. The third-order valence-corrected chi connectivity index (χ3v) is 7.44. The van der Waals surface area contributed by atoms with E-state index in [2.05, 4.69) is 0 Å². The number of carbonyl (C=O) groups excluding carboxylic acids is 2. The summed E-state index contributed by atoms with van der Waals surface area (Å²) in [5.74, 6) is 0.482. The molecule has 0 radical (unpaired) electrons. The van der Waals surface area contributed by atoms with Crippen LogP contribution in [0.3, 0.4) is 0 Å². The molecule has 0 spiro atoms. The van der Waals surface area contributed by atoms with Crippen molar-refractivity contribution in [2.24, 2.45) is 17.1 Å². The van der Waals surface area contributed by atoms with Gasteiger partial charge in [-0.15, -0.1) is 0 Å². The lowest BCUT2D eigenvalue weighted by Gasteiger charge is -2.34. The first-order chi connectivity index (χ1) is 13.3. The molecule has 2 saturated heterocycles. The molecule has 1 aromatic carbocycles. The molecule has 2 N–H and O–H groups in total. The number of hydrogen-bond donors (Lipinski definition) is 1. The van der Waals surface area contributed by atoms with Gasteiger partial charge in [-0.05, 0) is 43.4 Å². The number of carbonyl (C=O) groups is 2. The van der Waals surface area contributed by atoms with Gasteiger partial charge < -0.3 is 15.5 Å². The minimum Gasteiger partial charge on any atom is -0.342 e. The number of rotatable bonds is 3. The fourth-order valence-electron chi connectivity index (χ4n) is 4.48. The number of nitrogens with zero attached hydrogens (tertiary/aromatic N) is 2. The summed E-state index contributed by atoms with van der Waals surface area (Å²) in [6, 6.07) is 5.46. The maximum Gasteiger partial charge on any atom is 0.228 e. The van der Waals surface area contributed by atoms with Crippen molar-refractivity contribution in [3.63, 3.8) is 0 Å². The van der Waals surface area contributed by atoms with Gasteiger partial charge in [-0.25, -0.2) is 0 Å². The Morgan fingerprint density at radius 1 is 1.07 bits per heavy atom. The van der Waals surface area contributed by atoms with Crippen LogP contribution in [0.1, 0.15) is 44.1 Å². The van der Waals surface area contributed by atoms with Crippen molar-refractivity contribution in [2.45, 2.75) is 44.6 Å². The summed E-state index contributed by atoms with van der Waals surface area (Å²) >= 11 is 12.2. The van der Waals surface area contributed by atoms with Gasteiger partial charge in [0.2, 0.25) is 11.8 Å². The largest absolute Gasteiger partial charge is 0.342 e. The Balaban J connectivity index is 1.35. The Morgan fingerprint density at radius 3 is 2.36 bits per heavy atom. The van der Waals surface area contributed by atoms with E-state index in [1.54, 1.807) is 6.07 Å². The number of piperidine rings is 1. The predicted molar refractivity (Wildman–Crippen MR) is 110 cm³/mol. The van der Waals surface area contributed by atoms with Crippen molar-refractivity contribution >= 4 is 35.0 Å². The molecule has 4 rings (SSSR count). The molecule has 2 aliphatic heterocycles. The number of amides is 2. The maximum atomic E-state index is 13.0. The highest BCUT2D eigenvalue weighted by Crippen LogP contribution is 2.47. The van der Waals surface area contributed by atoms with Crippen LogP contribution < -0.4 is 5.73 Å². The molecule has 5 nitrogen and oxygen atoms in total. The third-order valence-electron chi connectivity index (χ3n) is 6.70. The standard InChI is InChI=1S/C21H27Cl2N3O2/c1-21(6-7-21)20(28)25-8-4-13(5-9-25)19(27)26-11-15(18(24)12-26)14-2-3-16(22)17(23)10-14/h2-3,10,13,15,18H,4-9,11-12,24H2,1H3/t15-,18+/m0/s1. The van der Waals surface area contributed by atoms with Crippen molar-refractivity contribution in [1.29, 1.82) is 0 Å². The van der Waals surface area contributed by atoms with Crippen LogP contribution in [-0.4, -0.2) is 53.8 Å². The van der Waals surface area contributed by atoms with Crippen LogP contribution in [0.15, 0.2) is 18.2 Å². The number of benzene rings is 1. The molecule has 3 fully saturated rings. The molecule has 0 unspecified atom stereocenters. The van der Waals surface area contributed by atoms with Crippen LogP contribution >= 0.6 is 23.2 Å². The molecule has 0 bridgehead atoms. The average molecular weight is 424 g/mol. The summed E-state index contributed by atoms with van der Waals surface area (Å²) in [6.07, 6.45) is 3.46. The second-order valence-corrected chi connectivity index (χ2v) is 9.63. The minimum atomic E-state index is -0.133. The molecule has 152 valence electrons. The summed E-state index contributed by atoms with van der Waals surface area (Å²) in [5, 5.41) is 1.03. The first kappa shape index (κ1) is 20.0. The van der Waals surface area contributed by atoms with Crippen LogP contribution in [0.4, 0.5) is 0 Å². The van der Waals surface area contributed by atoms with Crippen molar-refractivity contribution in [3.8, 4) is 0 Å². The van der Waals surface area contributed by atoms with Crippen LogP contribution in [-0.2, 0) is 9.59 Å². The van der Waals surface area contributed by atoms with Gasteiger partial charge in [0, 0.05) is 49.5 Å². The molecule has 2 heterocycles. The lowest BCUT2D eigenvalue weighted by atomic mass is 9.93. The van der Waals surface area contributed by atoms with Crippen LogP contribution in [0, 0.1) is 11.3 Å². The topological polar surface area (TPSA) is 66.6 Å². The highest BCUT2D eigenvalue weighted by atomic mass is 35.5. The molecule has 7 heteroatoms. The van der Waals surface area contributed by atoms with E-state index in [9.17, 15) is 9.59 Å². The number of halogens is 2. The van der Waals surface area contributed by atoms with Crippen LogP contribution in [0.5, 0.6) is 0 Å². The molecule has 1 aliphatic carbocycles. The predicted octanol–water partition coefficient (Wildman–Crippen LogP) is 3.29.